The van der Waals surface area contributed by atoms with E-state index >= 15 is 0 Å². The number of carbonyl (C=O) groups is 1. The Morgan fingerprint density at radius 2 is 1.62 bits per heavy atom. The zero-order valence-corrected chi connectivity index (χ0v) is 12.1. The van der Waals surface area contributed by atoms with Crippen molar-refractivity contribution in [2.75, 3.05) is 5.32 Å². The summed E-state index contributed by atoms with van der Waals surface area (Å²) in [6, 6.07) is 13.6. The molecule has 1 N–H and O–H groups in total. The first kappa shape index (κ1) is 15.0. The predicted molar refractivity (Wildman–Crippen MR) is 78.6 cm³/mol. The molecule has 0 aromatic heterocycles. The molecule has 2 rings (SSSR count). The Hall–Kier alpha value is -2.36. The second-order valence-electron chi connectivity index (χ2n) is 4.11. The zero-order chi connectivity index (χ0) is 15.5. The highest BCUT2D eigenvalue weighted by Crippen LogP contribution is 2.18. The maximum absolute atomic E-state index is 12.0. The molecule has 0 saturated heterocycles. The molecule has 2 aromatic carbocycles. The van der Waals surface area contributed by atoms with Gasteiger partial charge in [0.25, 0.3) is 15.0 Å². The monoisotopic (exact) mass is 320 g/mol. The molecule has 0 aliphatic carbocycles. The van der Waals surface area contributed by atoms with Gasteiger partial charge in [0.1, 0.15) is 0 Å². The van der Waals surface area contributed by atoms with E-state index in [1.165, 1.54) is 48.5 Å². The highest BCUT2D eigenvalue weighted by Gasteiger charge is 2.10. The SMILES string of the molecule is N#Cc1ccc(C(=O)Nc2ccc(S(=O)(=O)Cl)cc2)cc1. The van der Waals surface area contributed by atoms with Crippen molar-refractivity contribution < 1.29 is 13.2 Å². The number of carbonyl (C=O) groups excluding carboxylic acids is 1. The van der Waals surface area contributed by atoms with Crippen LogP contribution in [0.25, 0.3) is 0 Å². The molecule has 2 aromatic rings. The van der Waals surface area contributed by atoms with E-state index in [9.17, 15) is 13.2 Å². The van der Waals surface area contributed by atoms with Gasteiger partial charge in [-0.1, -0.05) is 0 Å². The third kappa shape index (κ3) is 3.81. The average Bonchev–Trinajstić information content (AvgIpc) is 2.47. The van der Waals surface area contributed by atoms with Crippen LogP contribution in [0.2, 0.25) is 0 Å². The van der Waals surface area contributed by atoms with Crippen molar-refractivity contribution in [3.05, 3.63) is 59.7 Å². The number of nitrogens with zero attached hydrogens (tertiary/aromatic N) is 1. The fraction of sp³-hybridized carbons (Fsp3) is 0. The molecule has 7 heteroatoms. The van der Waals surface area contributed by atoms with Gasteiger partial charge in [-0.05, 0) is 48.5 Å². The number of nitrogens with one attached hydrogen (secondary N) is 1. The molecule has 0 bridgehead atoms. The maximum atomic E-state index is 12.0. The highest BCUT2D eigenvalue weighted by atomic mass is 35.7. The molecule has 0 heterocycles. The van der Waals surface area contributed by atoms with Crippen molar-refractivity contribution in [3.63, 3.8) is 0 Å². The van der Waals surface area contributed by atoms with Gasteiger partial charge in [-0.15, -0.1) is 0 Å². The Morgan fingerprint density at radius 1 is 1.05 bits per heavy atom. The smallest absolute Gasteiger partial charge is 0.261 e. The van der Waals surface area contributed by atoms with Crippen LogP contribution in [-0.4, -0.2) is 14.3 Å². The van der Waals surface area contributed by atoms with E-state index in [0.717, 1.165) is 0 Å². The van der Waals surface area contributed by atoms with Crippen molar-refractivity contribution in [1.82, 2.24) is 0 Å². The molecule has 0 atom stereocenters. The van der Waals surface area contributed by atoms with Crippen molar-refractivity contribution in [1.29, 1.82) is 5.26 Å². The Balaban J connectivity index is 2.14. The van der Waals surface area contributed by atoms with Crippen LogP contribution in [0, 0.1) is 11.3 Å². The molecule has 0 radical (unpaired) electrons. The number of benzene rings is 2. The summed E-state index contributed by atoms with van der Waals surface area (Å²) in [6.45, 7) is 0. The van der Waals surface area contributed by atoms with Gasteiger partial charge in [-0.2, -0.15) is 5.26 Å². The molecule has 1 amide bonds. The van der Waals surface area contributed by atoms with Crippen molar-refractivity contribution in [3.8, 4) is 6.07 Å². The number of rotatable bonds is 3. The second-order valence-corrected chi connectivity index (χ2v) is 6.67. The minimum absolute atomic E-state index is 0.0412. The molecule has 0 fully saturated rings. The van der Waals surface area contributed by atoms with Gasteiger partial charge in [-0.25, -0.2) is 8.42 Å². The molecule has 0 saturated carbocycles. The number of hydrogen-bond acceptors (Lipinski definition) is 4. The number of anilines is 1. The van der Waals surface area contributed by atoms with Crippen LogP contribution in [-0.2, 0) is 9.05 Å². The van der Waals surface area contributed by atoms with E-state index in [2.05, 4.69) is 5.32 Å². The Labute approximate surface area is 126 Å². The van der Waals surface area contributed by atoms with Gasteiger partial charge in [0.2, 0.25) is 0 Å². The van der Waals surface area contributed by atoms with E-state index in [4.69, 9.17) is 15.9 Å². The molecule has 0 aliphatic heterocycles. The van der Waals surface area contributed by atoms with Crippen LogP contribution < -0.4 is 5.32 Å². The Morgan fingerprint density at radius 3 is 2.10 bits per heavy atom. The molecule has 0 spiro atoms. The lowest BCUT2D eigenvalue weighted by molar-refractivity contribution is 0.102. The third-order valence-electron chi connectivity index (χ3n) is 2.67. The van der Waals surface area contributed by atoms with Gasteiger partial charge in [0.05, 0.1) is 16.5 Å². The highest BCUT2D eigenvalue weighted by molar-refractivity contribution is 8.13. The van der Waals surface area contributed by atoms with Gasteiger partial charge >= 0.3 is 0 Å². The first-order valence-corrected chi connectivity index (χ1v) is 8.07. The summed E-state index contributed by atoms with van der Waals surface area (Å²) in [6.07, 6.45) is 0. The minimum atomic E-state index is -3.78. The predicted octanol–water partition coefficient (Wildman–Crippen LogP) is 2.74. The van der Waals surface area contributed by atoms with Crippen LogP contribution in [0.4, 0.5) is 5.69 Å². The molecule has 21 heavy (non-hydrogen) atoms. The van der Waals surface area contributed by atoms with Crippen molar-refractivity contribution >= 4 is 31.3 Å². The summed E-state index contributed by atoms with van der Waals surface area (Å²) in [5.74, 6) is -0.360. The van der Waals surface area contributed by atoms with E-state index in [1.54, 1.807) is 0 Å². The summed E-state index contributed by atoms with van der Waals surface area (Å²) in [5.41, 5.74) is 1.29. The summed E-state index contributed by atoms with van der Waals surface area (Å²) in [5, 5.41) is 11.3. The summed E-state index contributed by atoms with van der Waals surface area (Å²) in [7, 11) is 1.42. The molecular formula is C14H9ClN2O3S. The molecule has 0 unspecified atom stereocenters. The lowest BCUT2D eigenvalue weighted by Crippen LogP contribution is -2.11. The number of halogens is 1. The topological polar surface area (TPSA) is 87.0 Å². The van der Waals surface area contributed by atoms with Crippen LogP contribution in [0.5, 0.6) is 0 Å². The first-order chi connectivity index (χ1) is 9.90. The van der Waals surface area contributed by atoms with Crippen molar-refractivity contribution in [2.24, 2.45) is 0 Å². The molecule has 0 aliphatic rings. The van der Waals surface area contributed by atoms with Crippen LogP contribution in [0.15, 0.2) is 53.4 Å². The van der Waals surface area contributed by atoms with E-state index in [-0.39, 0.29) is 10.8 Å². The summed E-state index contributed by atoms with van der Waals surface area (Å²) >= 11 is 0. The lowest BCUT2D eigenvalue weighted by Gasteiger charge is -2.05. The molecule has 106 valence electrons. The van der Waals surface area contributed by atoms with Gasteiger partial charge in [0, 0.05) is 21.9 Å². The summed E-state index contributed by atoms with van der Waals surface area (Å²) < 4.78 is 22.2. The average molecular weight is 321 g/mol. The van der Waals surface area contributed by atoms with Crippen LogP contribution in [0.3, 0.4) is 0 Å². The normalized spacial score (nSPS) is 10.7. The molecular weight excluding hydrogens is 312 g/mol. The number of nitriles is 1. The molecule has 5 nitrogen and oxygen atoms in total. The standard InChI is InChI=1S/C14H9ClN2O3S/c15-21(19,20)13-7-5-12(6-8-13)17-14(18)11-3-1-10(9-16)2-4-11/h1-8H,(H,17,18). The fourth-order valence-corrected chi connectivity index (χ4v) is 2.37. The van der Waals surface area contributed by atoms with E-state index < -0.39 is 9.05 Å². The fourth-order valence-electron chi connectivity index (χ4n) is 1.60. The largest absolute Gasteiger partial charge is 0.322 e. The zero-order valence-electron chi connectivity index (χ0n) is 10.6. The van der Waals surface area contributed by atoms with E-state index in [0.29, 0.717) is 16.8 Å². The minimum Gasteiger partial charge on any atom is -0.322 e. The third-order valence-corrected chi connectivity index (χ3v) is 4.04. The first-order valence-electron chi connectivity index (χ1n) is 5.76. The summed E-state index contributed by atoms with van der Waals surface area (Å²) in [4.78, 5) is 11.9. The van der Waals surface area contributed by atoms with Gasteiger partial charge < -0.3 is 5.32 Å². The van der Waals surface area contributed by atoms with Crippen LogP contribution >= 0.6 is 10.7 Å². The van der Waals surface area contributed by atoms with E-state index in [1.807, 2.05) is 6.07 Å². The van der Waals surface area contributed by atoms with Crippen LogP contribution in [0.1, 0.15) is 15.9 Å². The number of amides is 1. The van der Waals surface area contributed by atoms with Crippen molar-refractivity contribution in [2.45, 2.75) is 4.90 Å². The Kier molecular flexibility index (Phi) is 4.26. The number of hydrogen-bond donors (Lipinski definition) is 1. The quantitative estimate of drug-likeness (QED) is 0.881. The Bertz CT molecular complexity index is 807. The maximum Gasteiger partial charge on any atom is 0.261 e. The van der Waals surface area contributed by atoms with Gasteiger partial charge in [0.15, 0.2) is 0 Å². The van der Waals surface area contributed by atoms with Gasteiger partial charge in [-0.3, -0.25) is 4.79 Å². The lowest BCUT2D eigenvalue weighted by atomic mass is 10.1. The second kappa shape index (κ2) is 5.95.